The number of fused-ring (bicyclic) bond motifs is 2. The number of nitrogens with zero attached hydrogens (tertiary/aromatic N) is 1. The Hall–Kier alpha value is -1.62. The summed E-state index contributed by atoms with van der Waals surface area (Å²) in [6.07, 6.45) is 6.88. The summed E-state index contributed by atoms with van der Waals surface area (Å²) in [7, 11) is 0. The summed E-state index contributed by atoms with van der Waals surface area (Å²) in [6, 6.07) is 1.91. The van der Waals surface area contributed by atoms with E-state index in [2.05, 4.69) is 36.5 Å². The highest BCUT2D eigenvalue weighted by molar-refractivity contribution is 5.99. The molecular formula is C16H24N4O. The van der Waals surface area contributed by atoms with Crippen molar-refractivity contribution in [3.8, 4) is 0 Å². The number of rotatable bonds is 3. The predicted molar refractivity (Wildman–Crippen MR) is 82.5 cm³/mol. The number of hydrogen-bond acceptors (Lipinski definition) is 4. The highest BCUT2D eigenvalue weighted by Crippen LogP contribution is 2.62. The van der Waals surface area contributed by atoms with Crippen LogP contribution in [0.3, 0.4) is 0 Å². The zero-order chi connectivity index (χ0) is 15.3. The summed E-state index contributed by atoms with van der Waals surface area (Å²) in [4.78, 5) is 16.6. The molecule has 0 aromatic carbocycles. The van der Waals surface area contributed by atoms with Gasteiger partial charge in [0, 0.05) is 12.2 Å². The number of amides is 1. The molecule has 5 heteroatoms. The van der Waals surface area contributed by atoms with Crippen molar-refractivity contribution in [2.45, 2.75) is 46.1 Å². The molecule has 0 saturated heterocycles. The van der Waals surface area contributed by atoms with Crippen LogP contribution < -0.4 is 16.6 Å². The van der Waals surface area contributed by atoms with Crippen LogP contribution in [0.15, 0.2) is 18.5 Å². The van der Waals surface area contributed by atoms with Gasteiger partial charge >= 0.3 is 0 Å². The molecule has 1 amide bonds. The molecule has 5 nitrogen and oxygen atoms in total. The molecule has 1 aromatic heterocycles. The number of carbonyl (C=O) groups is 1. The van der Waals surface area contributed by atoms with Gasteiger partial charge in [0.1, 0.15) is 0 Å². The van der Waals surface area contributed by atoms with Gasteiger partial charge in [-0.2, -0.15) is 0 Å². The van der Waals surface area contributed by atoms with Gasteiger partial charge in [0.05, 0.1) is 17.4 Å². The number of anilines is 1. The highest BCUT2D eigenvalue weighted by Gasteiger charge is 2.59. The zero-order valence-corrected chi connectivity index (χ0v) is 12.9. The minimum absolute atomic E-state index is 0.0720. The van der Waals surface area contributed by atoms with Gasteiger partial charge in [-0.25, -0.2) is 0 Å². The minimum atomic E-state index is -0.0720. The van der Waals surface area contributed by atoms with Crippen LogP contribution in [-0.2, 0) is 0 Å². The van der Waals surface area contributed by atoms with Gasteiger partial charge in [0.15, 0.2) is 0 Å². The first-order chi connectivity index (χ1) is 9.88. The first-order valence-electron chi connectivity index (χ1n) is 7.60. The lowest BCUT2D eigenvalue weighted by atomic mass is 9.68. The van der Waals surface area contributed by atoms with Crippen molar-refractivity contribution >= 4 is 11.6 Å². The van der Waals surface area contributed by atoms with Crippen LogP contribution in [0.2, 0.25) is 0 Å². The Kier molecular flexibility index (Phi) is 3.20. The van der Waals surface area contributed by atoms with E-state index in [4.69, 9.17) is 5.84 Å². The molecule has 3 atom stereocenters. The van der Waals surface area contributed by atoms with Gasteiger partial charge in [-0.05, 0) is 42.1 Å². The average molecular weight is 288 g/mol. The number of nitrogen functional groups attached to an aromatic ring is 1. The van der Waals surface area contributed by atoms with Gasteiger partial charge in [0.25, 0.3) is 5.91 Å². The van der Waals surface area contributed by atoms with E-state index in [0.717, 1.165) is 0 Å². The van der Waals surface area contributed by atoms with Gasteiger partial charge in [0.2, 0.25) is 0 Å². The van der Waals surface area contributed by atoms with E-state index < -0.39 is 0 Å². The predicted octanol–water partition coefficient (Wildman–Crippen LogP) is 2.31. The molecule has 4 N–H and O–H groups in total. The summed E-state index contributed by atoms with van der Waals surface area (Å²) in [5, 5.41) is 3.27. The van der Waals surface area contributed by atoms with Crippen molar-refractivity contribution in [1.29, 1.82) is 0 Å². The molecule has 1 aromatic rings. The fourth-order valence-electron chi connectivity index (χ4n) is 4.58. The number of pyridine rings is 1. The maximum Gasteiger partial charge on any atom is 0.253 e. The van der Waals surface area contributed by atoms with Crippen molar-refractivity contribution in [1.82, 2.24) is 10.3 Å². The standard InChI is InChI=1S/C16H24N4O/c1-15(2)10-4-6-16(3,8-10)14(15)19-13(21)11-5-7-18-9-12(11)20-17/h5,7,9-10,14,20H,4,6,8,17H2,1-3H3,(H,19,21). The molecule has 114 valence electrons. The summed E-state index contributed by atoms with van der Waals surface area (Å²) in [5.41, 5.74) is 4.01. The normalized spacial score (nSPS) is 33.0. The van der Waals surface area contributed by atoms with E-state index in [-0.39, 0.29) is 22.8 Å². The maximum absolute atomic E-state index is 12.7. The Labute approximate surface area is 125 Å². The van der Waals surface area contributed by atoms with Crippen molar-refractivity contribution in [2.75, 3.05) is 5.43 Å². The van der Waals surface area contributed by atoms with Gasteiger partial charge in [-0.3, -0.25) is 15.6 Å². The molecule has 2 saturated carbocycles. The van der Waals surface area contributed by atoms with E-state index >= 15 is 0 Å². The van der Waals surface area contributed by atoms with Crippen LogP contribution >= 0.6 is 0 Å². The lowest BCUT2D eigenvalue weighted by molar-refractivity contribution is 0.0738. The third-order valence-electron chi connectivity index (χ3n) is 5.77. The summed E-state index contributed by atoms with van der Waals surface area (Å²) in [6.45, 7) is 6.87. The Morgan fingerprint density at radius 2 is 2.19 bits per heavy atom. The van der Waals surface area contributed by atoms with Crippen molar-refractivity contribution < 1.29 is 4.79 Å². The Morgan fingerprint density at radius 1 is 1.43 bits per heavy atom. The number of nitrogens with two attached hydrogens (primary N) is 1. The zero-order valence-electron chi connectivity index (χ0n) is 12.9. The van der Waals surface area contributed by atoms with Crippen LogP contribution in [-0.4, -0.2) is 16.9 Å². The third-order valence-corrected chi connectivity index (χ3v) is 5.77. The van der Waals surface area contributed by atoms with Gasteiger partial charge in [-0.1, -0.05) is 20.8 Å². The number of carbonyl (C=O) groups excluding carboxylic acids is 1. The lowest BCUT2D eigenvalue weighted by Crippen LogP contribution is -2.52. The summed E-state index contributed by atoms with van der Waals surface area (Å²) >= 11 is 0. The van der Waals surface area contributed by atoms with Gasteiger partial charge < -0.3 is 10.7 Å². The smallest absolute Gasteiger partial charge is 0.253 e. The quantitative estimate of drug-likeness (QED) is 0.589. The van der Waals surface area contributed by atoms with Crippen molar-refractivity contribution in [2.24, 2.45) is 22.6 Å². The Balaban J connectivity index is 1.85. The molecule has 0 aliphatic heterocycles. The molecule has 2 aliphatic rings. The topological polar surface area (TPSA) is 80.0 Å². The van der Waals surface area contributed by atoms with E-state index in [1.807, 2.05) is 0 Å². The second-order valence-electron chi connectivity index (χ2n) is 7.39. The van der Waals surface area contributed by atoms with Crippen molar-refractivity contribution in [3.05, 3.63) is 24.0 Å². The summed E-state index contributed by atoms with van der Waals surface area (Å²) in [5.74, 6) is 6.10. The lowest BCUT2D eigenvalue weighted by Gasteiger charge is -2.43. The molecule has 0 spiro atoms. The largest absolute Gasteiger partial charge is 0.348 e. The molecule has 3 rings (SSSR count). The number of nitrogens with one attached hydrogen (secondary N) is 2. The molecule has 21 heavy (non-hydrogen) atoms. The summed E-state index contributed by atoms with van der Waals surface area (Å²) < 4.78 is 0. The third kappa shape index (κ3) is 2.11. The van der Waals surface area contributed by atoms with Gasteiger partial charge in [-0.15, -0.1) is 0 Å². The van der Waals surface area contributed by atoms with E-state index in [0.29, 0.717) is 17.2 Å². The molecule has 0 radical (unpaired) electrons. The fourth-order valence-corrected chi connectivity index (χ4v) is 4.58. The van der Waals surface area contributed by atoms with Crippen LogP contribution in [0, 0.1) is 16.7 Å². The average Bonchev–Trinajstić information content (AvgIpc) is 2.94. The van der Waals surface area contributed by atoms with E-state index in [1.54, 1.807) is 18.5 Å². The number of hydrazine groups is 1. The fraction of sp³-hybridized carbons (Fsp3) is 0.625. The molecule has 1 heterocycles. The first-order valence-corrected chi connectivity index (χ1v) is 7.60. The molecule has 2 fully saturated rings. The number of hydrogen-bond donors (Lipinski definition) is 3. The second kappa shape index (κ2) is 4.70. The van der Waals surface area contributed by atoms with Crippen LogP contribution in [0.1, 0.15) is 50.4 Å². The van der Waals surface area contributed by atoms with E-state index in [1.165, 1.54) is 19.3 Å². The molecule has 2 aliphatic carbocycles. The van der Waals surface area contributed by atoms with E-state index in [9.17, 15) is 4.79 Å². The molecule has 2 bridgehead atoms. The Morgan fingerprint density at radius 3 is 2.81 bits per heavy atom. The monoisotopic (exact) mass is 288 g/mol. The minimum Gasteiger partial charge on any atom is -0.348 e. The van der Waals surface area contributed by atoms with Crippen LogP contribution in [0.4, 0.5) is 5.69 Å². The van der Waals surface area contributed by atoms with Crippen LogP contribution in [0.5, 0.6) is 0 Å². The second-order valence-corrected chi connectivity index (χ2v) is 7.39. The number of aromatic nitrogens is 1. The molecular weight excluding hydrogens is 264 g/mol. The van der Waals surface area contributed by atoms with Crippen LogP contribution in [0.25, 0.3) is 0 Å². The maximum atomic E-state index is 12.7. The first kappa shape index (κ1) is 14.3. The van der Waals surface area contributed by atoms with Crippen molar-refractivity contribution in [3.63, 3.8) is 0 Å². The highest BCUT2D eigenvalue weighted by atomic mass is 16.1. The Bertz CT molecular complexity index is 566. The molecule has 3 unspecified atom stereocenters. The SMILES string of the molecule is CC12CCC(C1)C(C)(C)C2NC(=O)c1ccncc1NN.